The van der Waals surface area contributed by atoms with Crippen molar-refractivity contribution < 1.29 is 33.6 Å². The van der Waals surface area contributed by atoms with Crippen LogP contribution in [0.25, 0.3) is 0 Å². The first kappa shape index (κ1) is 24.4. The zero-order chi connectivity index (χ0) is 19.0. The zero-order valence-electron chi connectivity index (χ0n) is 16.3. The van der Waals surface area contributed by atoms with Crippen LogP contribution in [0.2, 0.25) is 0 Å². The number of Topliss-reactive ketones (excluding diaryl/α,β-unsaturated/α-hetero) is 1. The number of ether oxygens (including phenoxy) is 5. The summed E-state index contributed by atoms with van der Waals surface area (Å²) in [5.74, 6) is 0.113. The summed E-state index contributed by atoms with van der Waals surface area (Å²) in [7, 11) is 0. The topological polar surface area (TPSA) is 83.5 Å². The molecule has 0 aromatic carbocycles. The van der Waals surface area contributed by atoms with Crippen molar-refractivity contribution in [1.29, 1.82) is 0 Å². The molecule has 0 spiro atoms. The van der Waals surface area contributed by atoms with E-state index in [2.05, 4.69) is 0 Å². The molecule has 0 saturated carbocycles. The minimum absolute atomic E-state index is 0.00999. The molecule has 0 amide bonds. The first-order chi connectivity index (χ1) is 11.8. The fourth-order valence-electron chi connectivity index (χ4n) is 1.54. The van der Waals surface area contributed by atoms with E-state index in [0.717, 1.165) is 0 Å². The Morgan fingerprint density at radius 1 is 0.760 bits per heavy atom. The highest BCUT2D eigenvalue weighted by molar-refractivity contribution is 5.81. The number of carbonyl (C=O) groups is 1. The molecular formula is C18H36O7. The molecule has 0 aromatic rings. The Bertz CT molecular complexity index is 313. The van der Waals surface area contributed by atoms with E-state index in [1.807, 2.05) is 13.8 Å². The van der Waals surface area contributed by atoms with Crippen molar-refractivity contribution in [1.82, 2.24) is 0 Å². The number of hydrogen-bond donors (Lipinski definition) is 1. The third kappa shape index (κ3) is 19.6. The molecule has 25 heavy (non-hydrogen) atoms. The van der Waals surface area contributed by atoms with E-state index < -0.39 is 5.60 Å². The fourth-order valence-corrected chi connectivity index (χ4v) is 1.54. The average molecular weight is 364 g/mol. The first-order valence-corrected chi connectivity index (χ1v) is 8.96. The van der Waals surface area contributed by atoms with Gasteiger partial charge in [-0.3, -0.25) is 4.79 Å². The van der Waals surface area contributed by atoms with Crippen LogP contribution >= 0.6 is 0 Å². The van der Waals surface area contributed by atoms with Crippen molar-refractivity contribution in [2.24, 2.45) is 5.92 Å². The molecule has 0 unspecified atom stereocenters. The van der Waals surface area contributed by atoms with Crippen LogP contribution in [-0.2, 0) is 28.5 Å². The number of ketones is 1. The number of rotatable bonds is 18. The van der Waals surface area contributed by atoms with Gasteiger partial charge in [0.25, 0.3) is 0 Å². The first-order valence-electron chi connectivity index (χ1n) is 8.96. The highest BCUT2D eigenvalue weighted by Crippen LogP contribution is 2.06. The lowest BCUT2D eigenvalue weighted by molar-refractivity contribution is -0.127. The predicted molar refractivity (Wildman–Crippen MR) is 94.9 cm³/mol. The fraction of sp³-hybridized carbons (Fsp3) is 0.944. The smallest absolute Gasteiger partial charge is 0.160 e. The minimum atomic E-state index is -0.686. The van der Waals surface area contributed by atoms with Crippen molar-refractivity contribution in [3.05, 3.63) is 0 Å². The summed E-state index contributed by atoms with van der Waals surface area (Å²) in [5.41, 5.74) is -0.686. The number of aliphatic hydroxyl groups is 1. The molecule has 0 bridgehead atoms. The average Bonchev–Trinajstić information content (AvgIpc) is 2.53. The summed E-state index contributed by atoms with van der Waals surface area (Å²) < 4.78 is 26.6. The molecule has 150 valence electrons. The Morgan fingerprint density at radius 3 is 1.48 bits per heavy atom. The maximum absolute atomic E-state index is 11.3. The maximum Gasteiger partial charge on any atom is 0.160 e. The van der Waals surface area contributed by atoms with Gasteiger partial charge in [0.1, 0.15) is 6.61 Å². The Labute approximate surface area is 151 Å². The van der Waals surface area contributed by atoms with Gasteiger partial charge >= 0.3 is 0 Å². The van der Waals surface area contributed by atoms with E-state index in [9.17, 15) is 9.90 Å². The van der Waals surface area contributed by atoms with Crippen LogP contribution in [0.15, 0.2) is 0 Å². The van der Waals surface area contributed by atoms with Gasteiger partial charge in [0.2, 0.25) is 0 Å². The van der Waals surface area contributed by atoms with Gasteiger partial charge in [-0.25, -0.2) is 0 Å². The normalized spacial score (nSPS) is 12.1. The summed E-state index contributed by atoms with van der Waals surface area (Å²) in [6.07, 6.45) is 0.606. The second-order valence-corrected chi connectivity index (χ2v) is 6.69. The van der Waals surface area contributed by atoms with E-state index in [1.54, 1.807) is 13.8 Å². The highest BCUT2D eigenvalue weighted by Gasteiger charge is 2.11. The van der Waals surface area contributed by atoms with Crippen LogP contribution in [0, 0.1) is 5.92 Å². The second kappa shape index (κ2) is 15.7. The molecule has 7 nitrogen and oxygen atoms in total. The minimum Gasteiger partial charge on any atom is -0.390 e. The van der Waals surface area contributed by atoms with Crippen molar-refractivity contribution in [3.8, 4) is 0 Å². The predicted octanol–water partition coefficient (Wildman–Crippen LogP) is 1.46. The Kier molecular flexibility index (Phi) is 15.3. The van der Waals surface area contributed by atoms with Crippen LogP contribution in [0.5, 0.6) is 0 Å². The van der Waals surface area contributed by atoms with Crippen molar-refractivity contribution in [2.45, 2.75) is 39.7 Å². The van der Waals surface area contributed by atoms with E-state index in [0.29, 0.717) is 65.9 Å². The molecule has 0 aliphatic rings. The van der Waals surface area contributed by atoms with Crippen LogP contribution in [0.1, 0.15) is 34.1 Å². The molecule has 7 heteroatoms. The summed E-state index contributed by atoms with van der Waals surface area (Å²) in [4.78, 5) is 11.3. The molecule has 0 aromatic heterocycles. The standard InChI is InChI=1S/C18H36O7/c1-16(2)17(19)15-25-14-13-24-12-11-23-10-9-22-8-7-21-6-5-18(3,4)20/h16,20H,5-15H2,1-4H3. The lowest BCUT2D eigenvalue weighted by atomic mass is 10.1. The molecule has 0 aliphatic heterocycles. The SMILES string of the molecule is CC(C)C(=O)COCCOCCOCCOCCOCCC(C)(C)O. The second-order valence-electron chi connectivity index (χ2n) is 6.69. The van der Waals surface area contributed by atoms with E-state index in [1.165, 1.54) is 0 Å². The van der Waals surface area contributed by atoms with Gasteiger partial charge in [-0.05, 0) is 20.3 Å². The Hall–Kier alpha value is -0.570. The molecule has 0 atom stereocenters. The van der Waals surface area contributed by atoms with Gasteiger partial charge < -0.3 is 28.8 Å². The Balaban J connectivity index is 3.11. The quantitative estimate of drug-likeness (QED) is 0.369. The molecule has 0 saturated heterocycles. The molecule has 0 rings (SSSR count). The molecule has 0 fully saturated rings. The van der Waals surface area contributed by atoms with Crippen molar-refractivity contribution in [2.75, 3.05) is 66.1 Å². The van der Waals surface area contributed by atoms with Gasteiger partial charge in [0.05, 0.1) is 58.5 Å². The van der Waals surface area contributed by atoms with E-state index in [4.69, 9.17) is 23.7 Å². The summed E-state index contributed by atoms with van der Waals surface area (Å²) in [5, 5.41) is 9.50. The number of carbonyl (C=O) groups excluding carboxylic acids is 1. The van der Waals surface area contributed by atoms with Gasteiger partial charge in [0.15, 0.2) is 5.78 Å². The molecular weight excluding hydrogens is 328 g/mol. The third-order valence-corrected chi connectivity index (χ3v) is 3.23. The van der Waals surface area contributed by atoms with Crippen LogP contribution in [-0.4, -0.2) is 82.6 Å². The van der Waals surface area contributed by atoms with Gasteiger partial charge in [-0.1, -0.05) is 13.8 Å². The van der Waals surface area contributed by atoms with E-state index in [-0.39, 0.29) is 18.3 Å². The molecule has 0 radical (unpaired) electrons. The molecule has 0 aliphatic carbocycles. The summed E-state index contributed by atoms with van der Waals surface area (Å²) >= 11 is 0. The lowest BCUT2D eigenvalue weighted by Gasteiger charge is -2.16. The van der Waals surface area contributed by atoms with Crippen LogP contribution in [0.4, 0.5) is 0 Å². The monoisotopic (exact) mass is 364 g/mol. The lowest BCUT2D eigenvalue weighted by Crippen LogP contribution is -2.21. The van der Waals surface area contributed by atoms with Gasteiger partial charge in [0, 0.05) is 12.5 Å². The molecule has 1 N–H and O–H groups in total. The largest absolute Gasteiger partial charge is 0.390 e. The number of hydrogen-bond acceptors (Lipinski definition) is 7. The van der Waals surface area contributed by atoms with Crippen molar-refractivity contribution >= 4 is 5.78 Å². The van der Waals surface area contributed by atoms with Crippen LogP contribution in [0.3, 0.4) is 0 Å². The van der Waals surface area contributed by atoms with E-state index >= 15 is 0 Å². The zero-order valence-corrected chi connectivity index (χ0v) is 16.3. The summed E-state index contributed by atoms with van der Waals surface area (Å²) in [6.45, 7) is 11.8. The summed E-state index contributed by atoms with van der Waals surface area (Å²) in [6, 6.07) is 0. The van der Waals surface area contributed by atoms with Gasteiger partial charge in [-0.2, -0.15) is 0 Å². The highest BCUT2D eigenvalue weighted by atomic mass is 16.6. The van der Waals surface area contributed by atoms with Crippen molar-refractivity contribution in [3.63, 3.8) is 0 Å². The van der Waals surface area contributed by atoms with Crippen LogP contribution < -0.4 is 0 Å². The molecule has 0 heterocycles. The maximum atomic E-state index is 11.3. The third-order valence-electron chi connectivity index (χ3n) is 3.23. The Morgan fingerprint density at radius 2 is 1.12 bits per heavy atom. The van der Waals surface area contributed by atoms with Gasteiger partial charge in [-0.15, -0.1) is 0 Å².